The minimum absolute atomic E-state index is 0.136. The lowest BCUT2D eigenvalue weighted by Gasteiger charge is -2.50. The van der Waals surface area contributed by atoms with E-state index in [0.29, 0.717) is 25.3 Å². The summed E-state index contributed by atoms with van der Waals surface area (Å²) in [5.74, 6) is 0.754. The molecule has 3 rings (SSSR count). The van der Waals surface area contributed by atoms with E-state index in [1.807, 2.05) is 4.90 Å². The Morgan fingerprint density at radius 3 is 2.20 bits per heavy atom. The van der Waals surface area contributed by atoms with Crippen molar-refractivity contribution in [1.29, 1.82) is 0 Å². The van der Waals surface area contributed by atoms with Crippen LogP contribution in [0.5, 0.6) is 0 Å². The second kappa shape index (κ2) is 5.93. The van der Waals surface area contributed by atoms with E-state index in [-0.39, 0.29) is 23.1 Å². The number of nitrogens with one attached hydrogen (secondary N) is 1. The van der Waals surface area contributed by atoms with Crippen molar-refractivity contribution in [2.45, 2.75) is 103 Å². The van der Waals surface area contributed by atoms with E-state index in [4.69, 9.17) is 9.47 Å². The van der Waals surface area contributed by atoms with E-state index in [1.165, 1.54) is 0 Å². The van der Waals surface area contributed by atoms with Gasteiger partial charge in [-0.25, -0.2) is 0 Å². The van der Waals surface area contributed by atoms with Gasteiger partial charge < -0.3 is 19.7 Å². The summed E-state index contributed by atoms with van der Waals surface area (Å²) >= 11 is 0. The molecule has 0 bridgehead atoms. The van der Waals surface area contributed by atoms with E-state index >= 15 is 0 Å². The summed E-state index contributed by atoms with van der Waals surface area (Å²) in [4.78, 5) is 15.6. The molecule has 3 heterocycles. The van der Waals surface area contributed by atoms with Crippen LogP contribution in [0.2, 0.25) is 0 Å². The quantitative estimate of drug-likeness (QED) is 0.773. The molecule has 3 fully saturated rings. The van der Waals surface area contributed by atoms with Crippen molar-refractivity contribution in [3.8, 4) is 0 Å². The van der Waals surface area contributed by atoms with Gasteiger partial charge in [0.25, 0.3) is 5.91 Å². The predicted octanol–water partition coefficient (Wildman–Crippen LogP) is 3.08. The molecule has 3 aliphatic rings. The highest BCUT2D eigenvalue weighted by Gasteiger charge is 2.63. The fourth-order valence-electron chi connectivity index (χ4n) is 5.09. The number of epoxide rings is 1. The normalized spacial score (nSPS) is 35.6. The van der Waals surface area contributed by atoms with E-state index in [2.05, 4.69) is 53.8 Å². The van der Waals surface area contributed by atoms with Crippen LogP contribution in [-0.2, 0) is 14.3 Å². The maximum atomic E-state index is 13.6. The van der Waals surface area contributed by atoms with Crippen LogP contribution in [0.1, 0.15) is 74.1 Å². The molecular weight excluding hydrogens is 316 g/mol. The lowest BCUT2D eigenvalue weighted by Crippen LogP contribution is -2.65. The number of piperidine rings is 1. The van der Waals surface area contributed by atoms with Crippen LogP contribution in [0.15, 0.2) is 0 Å². The van der Waals surface area contributed by atoms with Gasteiger partial charge in [0.1, 0.15) is 5.72 Å². The molecular formula is C20H36N2O3. The molecule has 0 aromatic carbocycles. The highest BCUT2D eigenvalue weighted by molar-refractivity contribution is 5.88. The molecule has 5 heteroatoms. The van der Waals surface area contributed by atoms with Crippen molar-refractivity contribution in [2.75, 3.05) is 13.2 Å². The standard InChI is InChI=1S/C20H36N2O3/c1-14(2)8-9-19(7)22(10-15-11-24-15)16(23)20(25-19)12-17(3,4)21-18(5,6)13-20/h14-15,21H,8-13H2,1-7H3. The first-order valence-corrected chi connectivity index (χ1v) is 9.80. The van der Waals surface area contributed by atoms with Crippen LogP contribution >= 0.6 is 0 Å². The summed E-state index contributed by atoms with van der Waals surface area (Å²) in [6, 6.07) is 0. The van der Waals surface area contributed by atoms with Crippen LogP contribution < -0.4 is 5.32 Å². The third-order valence-electron chi connectivity index (χ3n) is 5.73. The zero-order chi connectivity index (χ0) is 18.7. The lowest BCUT2D eigenvalue weighted by atomic mass is 9.72. The SMILES string of the molecule is CC(C)CCC1(C)OC2(CC(C)(C)NC(C)(C)C2)C(=O)N1CC1CO1. The van der Waals surface area contributed by atoms with Gasteiger partial charge in [-0.1, -0.05) is 13.8 Å². The van der Waals surface area contributed by atoms with Crippen molar-refractivity contribution in [2.24, 2.45) is 5.92 Å². The monoisotopic (exact) mass is 352 g/mol. The Morgan fingerprint density at radius 2 is 1.72 bits per heavy atom. The molecule has 25 heavy (non-hydrogen) atoms. The van der Waals surface area contributed by atoms with Crippen LogP contribution in [0.3, 0.4) is 0 Å². The number of amides is 1. The Balaban J connectivity index is 1.91. The second-order valence-corrected chi connectivity index (χ2v) is 10.3. The molecule has 0 aliphatic carbocycles. The number of nitrogens with zero attached hydrogens (tertiary/aromatic N) is 1. The van der Waals surface area contributed by atoms with Crippen molar-refractivity contribution in [3.05, 3.63) is 0 Å². The summed E-state index contributed by atoms with van der Waals surface area (Å²) in [7, 11) is 0. The summed E-state index contributed by atoms with van der Waals surface area (Å²) in [6.45, 7) is 16.6. The number of carbonyl (C=O) groups excluding carboxylic acids is 1. The zero-order valence-electron chi connectivity index (χ0n) is 17.1. The average Bonchev–Trinajstić information content (AvgIpc) is 3.19. The molecule has 1 amide bonds. The van der Waals surface area contributed by atoms with E-state index in [9.17, 15) is 4.79 Å². The first kappa shape index (κ1) is 19.1. The number of hydrogen-bond acceptors (Lipinski definition) is 4. The summed E-state index contributed by atoms with van der Waals surface area (Å²) in [5.41, 5.74) is -1.53. The predicted molar refractivity (Wildman–Crippen MR) is 98.3 cm³/mol. The molecule has 5 nitrogen and oxygen atoms in total. The van der Waals surface area contributed by atoms with Gasteiger partial charge in [-0.2, -0.15) is 0 Å². The lowest BCUT2D eigenvalue weighted by molar-refractivity contribution is -0.166. The summed E-state index contributed by atoms with van der Waals surface area (Å²) in [6.07, 6.45) is 3.53. The van der Waals surface area contributed by atoms with Crippen molar-refractivity contribution < 1.29 is 14.3 Å². The van der Waals surface area contributed by atoms with Gasteiger partial charge in [-0.05, 0) is 53.4 Å². The first-order chi connectivity index (χ1) is 11.4. The number of rotatable bonds is 5. The van der Waals surface area contributed by atoms with Crippen molar-refractivity contribution >= 4 is 5.91 Å². The van der Waals surface area contributed by atoms with Gasteiger partial charge >= 0.3 is 0 Å². The molecule has 3 aliphatic heterocycles. The molecule has 0 aromatic heterocycles. The van der Waals surface area contributed by atoms with Gasteiger partial charge in [0.2, 0.25) is 0 Å². The molecule has 1 N–H and O–H groups in total. The maximum absolute atomic E-state index is 13.6. The van der Waals surface area contributed by atoms with Gasteiger partial charge in [0.05, 0.1) is 19.3 Å². The van der Waals surface area contributed by atoms with Crippen LogP contribution in [0.25, 0.3) is 0 Å². The van der Waals surface area contributed by atoms with Crippen LogP contribution in [0, 0.1) is 5.92 Å². The maximum Gasteiger partial charge on any atom is 0.257 e. The molecule has 2 atom stereocenters. The fourth-order valence-corrected chi connectivity index (χ4v) is 5.09. The minimum Gasteiger partial charge on any atom is -0.371 e. The molecule has 3 saturated heterocycles. The van der Waals surface area contributed by atoms with Crippen molar-refractivity contribution in [3.63, 3.8) is 0 Å². The molecule has 0 aromatic rings. The van der Waals surface area contributed by atoms with E-state index < -0.39 is 11.3 Å². The molecule has 1 spiro atoms. The van der Waals surface area contributed by atoms with Gasteiger partial charge in [-0.3, -0.25) is 4.79 Å². The molecule has 0 saturated carbocycles. The number of ether oxygens (including phenoxy) is 2. The van der Waals surface area contributed by atoms with Crippen LogP contribution in [-0.4, -0.2) is 52.5 Å². The minimum atomic E-state index is -0.723. The van der Waals surface area contributed by atoms with E-state index in [1.54, 1.807) is 0 Å². The first-order valence-electron chi connectivity index (χ1n) is 9.80. The highest BCUT2D eigenvalue weighted by atomic mass is 16.6. The zero-order valence-corrected chi connectivity index (χ0v) is 17.1. The summed E-state index contributed by atoms with van der Waals surface area (Å²) < 4.78 is 12.2. The van der Waals surface area contributed by atoms with Crippen LogP contribution in [0.4, 0.5) is 0 Å². The largest absolute Gasteiger partial charge is 0.371 e. The topological polar surface area (TPSA) is 54.1 Å². The Morgan fingerprint density at radius 1 is 1.16 bits per heavy atom. The van der Waals surface area contributed by atoms with Gasteiger partial charge in [0.15, 0.2) is 5.60 Å². The Labute approximate surface area is 152 Å². The molecule has 0 radical (unpaired) electrons. The van der Waals surface area contributed by atoms with Gasteiger partial charge in [-0.15, -0.1) is 0 Å². The molecule has 144 valence electrons. The molecule has 2 unspecified atom stereocenters. The Kier molecular flexibility index (Phi) is 4.54. The Hall–Kier alpha value is -0.650. The Bertz CT molecular complexity index is 523. The average molecular weight is 353 g/mol. The summed E-state index contributed by atoms with van der Waals surface area (Å²) in [5, 5.41) is 3.67. The van der Waals surface area contributed by atoms with Crippen molar-refractivity contribution in [1.82, 2.24) is 10.2 Å². The fraction of sp³-hybridized carbons (Fsp3) is 0.950. The third kappa shape index (κ3) is 3.88. The second-order valence-electron chi connectivity index (χ2n) is 10.3. The number of hydrogen-bond donors (Lipinski definition) is 1. The van der Waals surface area contributed by atoms with E-state index in [0.717, 1.165) is 19.4 Å². The number of carbonyl (C=O) groups is 1. The smallest absolute Gasteiger partial charge is 0.257 e. The highest BCUT2D eigenvalue weighted by Crippen LogP contribution is 2.49. The van der Waals surface area contributed by atoms with Gasteiger partial charge in [0, 0.05) is 23.9 Å². The third-order valence-corrected chi connectivity index (χ3v) is 5.73.